The van der Waals surface area contributed by atoms with Crippen molar-refractivity contribution in [1.29, 1.82) is 0 Å². The summed E-state index contributed by atoms with van der Waals surface area (Å²) in [5.41, 5.74) is 1.87. The average Bonchev–Trinajstić information content (AvgIpc) is 2.48. The first-order valence-corrected chi connectivity index (χ1v) is 8.31. The van der Waals surface area contributed by atoms with Crippen LogP contribution in [0.2, 0.25) is 5.02 Å². The van der Waals surface area contributed by atoms with Gasteiger partial charge in [-0.2, -0.15) is 0 Å². The standard InChI is InChI=1S/C18H19BrClNO/c1-18(2,11-13-3-7-15(19)8-4-13)12-21-17(22)14-5-9-16(20)10-6-14/h3-10H,11-12H2,1-2H3,(H,21,22). The molecule has 4 heteroatoms. The van der Waals surface area contributed by atoms with Gasteiger partial charge in [0.15, 0.2) is 0 Å². The zero-order chi connectivity index (χ0) is 16.2. The molecular formula is C18H19BrClNO. The van der Waals surface area contributed by atoms with Crippen molar-refractivity contribution in [3.63, 3.8) is 0 Å². The normalized spacial score (nSPS) is 11.3. The third kappa shape index (κ3) is 5.15. The Bertz CT molecular complexity index is 635. The third-order valence-electron chi connectivity index (χ3n) is 3.43. The van der Waals surface area contributed by atoms with Crippen LogP contribution in [0.4, 0.5) is 0 Å². The Hall–Kier alpha value is -1.32. The van der Waals surface area contributed by atoms with Crippen LogP contribution in [0.15, 0.2) is 53.0 Å². The average molecular weight is 381 g/mol. The highest BCUT2D eigenvalue weighted by molar-refractivity contribution is 9.10. The number of carbonyl (C=O) groups excluding carboxylic acids is 1. The smallest absolute Gasteiger partial charge is 0.251 e. The summed E-state index contributed by atoms with van der Waals surface area (Å²) in [4.78, 5) is 12.1. The topological polar surface area (TPSA) is 29.1 Å². The van der Waals surface area contributed by atoms with E-state index in [1.54, 1.807) is 24.3 Å². The lowest BCUT2D eigenvalue weighted by atomic mass is 9.85. The first-order valence-electron chi connectivity index (χ1n) is 7.14. The van der Waals surface area contributed by atoms with Crippen molar-refractivity contribution in [2.24, 2.45) is 5.41 Å². The van der Waals surface area contributed by atoms with Crippen LogP contribution in [0.3, 0.4) is 0 Å². The minimum atomic E-state index is -0.0689. The van der Waals surface area contributed by atoms with E-state index in [9.17, 15) is 4.79 Å². The van der Waals surface area contributed by atoms with Gasteiger partial charge in [-0.3, -0.25) is 4.79 Å². The van der Waals surface area contributed by atoms with Gasteiger partial charge in [0.1, 0.15) is 0 Å². The van der Waals surface area contributed by atoms with Gasteiger partial charge in [-0.1, -0.05) is 53.5 Å². The highest BCUT2D eigenvalue weighted by Crippen LogP contribution is 2.22. The lowest BCUT2D eigenvalue weighted by Crippen LogP contribution is -2.35. The van der Waals surface area contributed by atoms with Gasteiger partial charge in [0.25, 0.3) is 5.91 Å². The molecule has 0 atom stereocenters. The number of amides is 1. The fourth-order valence-electron chi connectivity index (χ4n) is 2.24. The van der Waals surface area contributed by atoms with Crippen LogP contribution in [0.25, 0.3) is 0 Å². The maximum Gasteiger partial charge on any atom is 0.251 e. The lowest BCUT2D eigenvalue weighted by Gasteiger charge is -2.25. The molecule has 0 unspecified atom stereocenters. The van der Waals surface area contributed by atoms with E-state index in [-0.39, 0.29) is 11.3 Å². The molecule has 0 saturated heterocycles. The predicted octanol–water partition coefficient (Wildman–Crippen LogP) is 5.10. The second-order valence-electron chi connectivity index (χ2n) is 6.16. The molecule has 0 saturated carbocycles. The maximum atomic E-state index is 12.1. The minimum Gasteiger partial charge on any atom is -0.351 e. The Morgan fingerprint density at radius 3 is 2.27 bits per heavy atom. The van der Waals surface area contributed by atoms with Crippen LogP contribution in [-0.2, 0) is 6.42 Å². The van der Waals surface area contributed by atoms with Crippen LogP contribution in [0.5, 0.6) is 0 Å². The lowest BCUT2D eigenvalue weighted by molar-refractivity contribution is 0.0936. The number of nitrogens with one attached hydrogen (secondary N) is 1. The van der Waals surface area contributed by atoms with Gasteiger partial charge in [-0.25, -0.2) is 0 Å². The summed E-state index contributed by atoms with van der Waals surface area (Å²) in [7, 11) is 0. The Balaban J connectivity index is 1.92. The van der Waals surface area contributed by atoms with E-state index < -0.39 is 0 Å². The number of benzene rings is 2. The molecule has 1 amide bonds. The number of hydrogen-bond acceptors (Lipinski definition) is 1. The van der Waals surface area contributed by atoms with Crippen molar-refractivity contribution in [3.05, 3.63) is 69.2 Å². The monoisotopic (exact) mass is 379 g/mol. The Labute approximate surface area is 145 Å². The Kier molecular flexibility index (Phi) is 5.65. The molecule has 2 aromatic rings. The van der Waals surface area contributed by atoms with Crippen LogP contribution < -0.4 is 5.32 Å². The van der Waals surface area contributed by atoms with E-state index in [1.165, 1.54) is 5.56 Å². The van der Waals surface area contributed by atoms with Crippen molar-refractivity contribution in [2.75, 3.05) is 6.54 Å². The van der Waals surface area contributed by atoms with E-state index in [1.807, 2.05) is 12.1 Å². The summed E-state index contributed by atoms with van der Waals surface area (Å²) >= 11 is 9.27. The molecule has 0 aliphatic rings. The van der Waals surface area contributed by atoms with Crippen LogP contribution >= 0.6 is 27.5 Å². The van der Waals surface area contributed by atoms with Gasteiger partial charge in [-0.05, 0) is 53.8 Å². The maximum absolute atomic E-state index is 12.1. The molecule has 0 aliphatic heterocycles. The fraction of sp³-hybridized carbons (Fsp3) is 0.278. The highest BCUT2D eigenvalue weighted by atomic mass is 79.9. The third-order valence-corrected chi connectivity index (χ3v) is 4.21. The van der Waals surface area contributed by atoms with Crippen LogP contribution in [-0.4, -0.2) is 12.5 Å². The van der Waals surface area contributed by atoms with Crippen molar-refractivity contribution >= 4 is 33.4 Å². The molecule has 2 aromatic carbocycles. The Morgan fingerprint density at radius 1 is 1.09 bits per heavy atom. The van der Waals surface area contributed by atoms with E-state index in [0.717, 1.165) is 10.9 Å². The first kappa shape index (κ1) is 17.0. The van der Waals surface area contributed by atoms with Crippen molar-refractivity contribution < 1.29 is 4.79 Å². The van der Waals surface area contributed by atoms with Gasteiger partial charge in [-0.15, -0.1) is 0 Å². The summed E-state index contributed by atoms with van der Waals surface area (Å²) in [5, 5.41) is 3.63. The molecule has 2 nitrogen and oxygen atoms in total. The molecule has 1 N–H and O–H groups in total. The molecule has 0 aliphatic carbocycles. The summed E-state index contributed by atoms with van der Waals surface area (Å²) in [6.45, 7) is 4.92. The molecule has 0 aromatic heterocycles. The molecule has 0 spiro atoms. The van der Waals surface area contributed by atoms with Gasteiger partial charge >= 0.3 is 0 Å². The van der Waals surface area contributed by atoms with Crippen LogP contribution in [0.1, 0.15) is 29.8 Å². The van der Waals surface area contributed by atoms with E-state index in [2.05, 4.69) is 47.2 Å². The molecule has 0 radical (unpaired) electrons. The minimum absolute atomic E-state index is 0.0179. The Morgan fingerprint density at radius 2 is 1.68 bits per heavy atom. The zero-order valence-electron chi connectivity index (χ0n) is 12.7. The van der Waals surface area contributed by atoms with Gasteiger partial charge in [0.05, 0.1) is 0 Å². The molecule has 0 fully saturated rings. The molecule has 22 heavy (non-hydrogen) atoms. The van der Waals surface area contributed by atoms with E-state index >= 15 is 0 Å². The molecular weight excluding hydrogens is 362 g/mol. The van der Waals surface area contributed by atoms with Crippen molar-refractivity contribution in [3.8, 4) is 0 Å². The zero-order valence-corrected chi connectivity index (χ0v) is 15.0. The second-order valence-corrected chi connectivity index (χ2v) is 7.51. The second kappa shape index (κ2) is 7.30. The summed E-state index contributed by atoms with van der Waals surface area (Å²) in [5.74, 6) is -0.0689. The number of carbonyl (C=O) groups is 1. The predicted molar refractivity (Wildman–Crippen MR) is 95.4 cm³/mol. The van der Waals surface area contributed by atoms with Gasteiger partial charge in [0.2, 0.25) is 0 Å². The molecule has 0 bridgehead atoms. The fourth-order valence-corrected chi connectivity index (χ4v) is 2.63. The van der Waals surface area contributed by atoms with Gasteiger partial charge < -0.3 is 5.32 Å². The van der Waals surface area contributed by atoms with E-state index in [0.29, 0.717) is 17.1 Å². The summed E-state index contributed by atoms with van der Waals surface area (Å²) < 4.78 is 1.07. The quantitative estimate of drug-likeness (QED) is 0.768. The van der Waals surface area contributed by atoms with Crippen LogP contribution in [0, 0.1) is 5.41 Å². The van der Waals surface area contributed by atoms with Gasteiger partial charge in [0, 0.05) is 21.6 Å². The van der Waals surface area contributed by atoms with Crippen molar-refractivity contribution in [1.82, 2.24) is 5.32 Å². The number of rotatable bonds is 5. The van der Waals surface area contributed by atoms with Crippen molar-refractivity contribution in [2.45, 2.75) is 20.3 Å². The number of halogens is 2. The SMILES string of the molecule is CC(C)(CNC(=O)c1ccc(Cl)cc1)Cc1ccc(Br)cc1. The molecule has 0 heterocycles. The summed E-state index contributed by atoms with van der Waals surface area (Å²) in [6, 6.07) is 15.2. The molecule has 2 rings (SSSR count). The highest BCUT2D eigenvalue weighted by Gasteiger charge is 2.20. The summed E-state index contributed by atoms with van der Waals surface area (Å²) in [6.07, 6.45) is 0.904. The number of hydrogen-bond donors (Lipinski definition) is 1. The molecule has 116 valence electrons. The van der Waals surface area contributed by atoms with E-state index in [4.69, 9.17) is 11.6 Å². The largest absolute Gasteiger partial charge is 0.351 e. The first-order chi connectivity index (χ1) is 10.4.